The fraction of sp³-hybridized carbons (Fsp3) is 0.619. The highest BCUT2D eigenvalue weighted by atomic mass is 19.3. The van der Waals surface area contributed by atoms with Crippen LogP contribution in [-0.2, 0) is 16.0 Å². The van der Waals surface area contributed by atoms with E-state index in [1.807, 2.05) is 0 Å². The van der Waals surface area contributed by atoms with Crippen molar-refractivity contribution in [1.29, 1.82) is 0 Å². The molecule has 0 heterocycles. The molecule has 6 rings (SSSR count). The van der Waals surface area contributed by atoms with Crippen molar-refractivity contribution in [3.8, 4) is 0 Å². The van der Waals surface area contributed by atoms with Gasteiger partial charge in [0.15, 0.2) is 11.2 Å². The standard InChI is InChI=1S/C21H22F2O3/c22-18(23)21(11-15-3-1-2-4-16(15)17(21)24)19(25)26-20-8-12-5-13(9-20)7-14(6-12)10-20/h1-4,12-14,18H,5-11H2/t12?,13?,14?,20?,21-/m1/s1. The first-order valence-electron chi connectivity index (χ1n) is 9.56. The maximum Gasteiger partial charge on any atom is 0.326 e. The van der Waals surface area contributed by atoms with Crippen molar-refractivity contribution in [3.63, 3.8) is 0 Å². The first-order valence-corrected chi connectivity index (χ1v) is 9.56. The van der Waals surface area contributed by atoms with Gasteiger partial charge in [0, 0.05) is 12.0 Å². The lowest BCUT2D eigenvalue weighted by atomic mass is 9.54. The molecule has 5 aliphatic rings. The number of benzene rings is 1. The Bertz CT molecular complexity index is 752. The fourth-order valence-electron chi connectivity index (χ4n) is 6.39. The number of hydrogen-bond acceptors (Lipinski definition) is 3. The molecule has 5 heteroatoms. The Balaban J connectivity index is 1.46. The van der Waals surface area contributed by atoms with Crippen LogP contribution in [0.3, 0.4) is 0 Å². The van der Waals surface area contributed by atoms with E-state index in [-0.39, 0.29) is 12.0 Å². The van der Waals surface area contributed by atoms with Gasteiger partial charge in [0.2, 0.25) is 0 Å². The molecule has 0 unspecified atom stereocenters. The second-order valence-electron chi connectivity index (χ2n) is 8.93. The lowest BCUT2D eigenvalue weighted by molar-refractivity contribution is -0.200. The van der Waals surface area contributed by atoms with Gasteiger partial charge in [0.25, 0.3) is 6.43 Å². The highest BCUT2D eigenvalue weighted by Gasteiger charge is 2.62. The summed E-state index contributed by atoms with van der Waals surface area (Å²) in [5, 5.41) is 0. The Morgan fingerprint density at radius 3 is 2.15 bits per heavy atom. The molecule has 1 aromatic carbocycles. The first kappa shape index (κ1) is 16.4. The summed E-state index contributed by atoms with van der Waals surface area (Å²) in [5.41, 5.74) is -2.24. The number of ketones is 1. The minimum Gasteiger partial charge on any atom is -0.458 e. The van der Waals surface area contributed by atoms with Crippen molar-refractivity contribution >= 4 is 11.8 Å². The smallest absolute Gasteiger partial charge is 0.326 e. The lowest BCUT2D eigenvalue weighted by Gasteiger charge is -2.56. The number of halogens is 2. The van der Waals surface area contributed by atoms with Gasteiger partial charge < -0.3 is 4.74 Å². The second-order valence-corrected chi connectivity index (χ2v) is 8.93. The van der Waals surface area contributed by atoms with E-state index in [9.17, 15) is 18.4 Å². The predicted molar refractivity (Wildman–Crippen MR) is 89.9 cm³/mol. The van der Waals surface area contributed by atoms with Crippen LogP contribution in [0.15, 0.2) is 24.3 Å². The molecule has 3 nitrogen and oxygen atoms in total. The van der Waals surface area contributed by atoms with Crippen molar-refractivity contribution < 1.29 is 23.1 Å². The van der Waals surface area contributed by atoms with Crippen LogP contribution in [0.25, 0.3) is 0 Å². The quantitative estimate of drug-likeness (QED) is 0.600. The van der Waals surface area contributed by atoms with Crippen LogP contribution in [-0.4, -0.2) is 23.8 Å². The van der Waals surface area contributed by atoms with Gasteiger partial charge in [-0.2, -0.15) is 0 Å². The van der Waals surface area contributed by atoms with Crippen molar-refractivity contribution in [2.75, 3.05) is 0 Å². The third-order valence-electron chi connectivity index (χ3n) is 7.16. The Labute approximate surface area is 151 Å². The fourth-order valence-corrected chi connectivity index (χ4v) is 6.39. The summed E-state index contributed by atoms with van der Waals surface area (Å²) in [7, 11) is 0. The van der Waals surface area contributed by atoms with E-state index in [4.69, 9.17) is 4.74 Å². The second kappa shape index (κ2) is 5.37. The molecule has 4 bridgehead atoms. The van der Waals surface area contributed by atoms with Crippen molar-refractivity contribution in [3.05, 3.63) is 35.4 Å². The van der Waals surface area contributed by atoms with Gasteiger partial charge in [-0.1, -0.05) is 24.3 Å². The van der Waals surface area contributed by atoms with Crippen LogP contribution in [0.1, 0.15) is 54.4 Å². The van der Waals surface area contributed by atoms with E-state index in [0.717, 1.165) is 19.3 Å². The molecule has 138 valence electrons. The lowest BCUT2D eigenvalue weighted by Crippen LogP contribution is -2.56. The summed E-state index contributed by atoms with van der Waals surface area (Å²) in [4.78, 5) is 25.9. The zero-order chi connectivity index (χ0) is 18.1. The molecular weight excluding hydrogens is 338 g/mol. The average Bonchev–Trinajstić information content (AvgIpc) is 2.88. The third-order valence-corrected chi connectivity index (χ3v) is 7.16. The molecule has 26 heavy (non-hydrogen) atoms. The molecule has 0 amide bonds. The Hall–Kier alpha value is -1.78. The van der Waals surface area contributed by atoms with Crippen LogP contribution in [0, 0.1) is 23.2 Å². The number of carbonyl (C=O) groups is 2. The van der Waals surface area contributed by atoms with E-state index >= 15 is 0 Å². The molecule has 1 aromatic rings. The van der Waals surface area contributed by atoms with E-state index in [0.29, 0.717) is 23.3 Å². The third kappa shape index (κ3) is 2.15. The molecule has 0 radical (unpaired) electrons. The molecule has 5 aliphatic carbocycles. The molecule has 0 saturated heterocycles. The maximum absolute atomic E-state index is 14.1. The number of fused-ring (bicyclic) bond motifs is 1. The van der Waals surface area contributed by atoms with Crippen LogP contribution >= 0.6 is 0 Å². The van der Waals surface area contributed by atoms with Crippen LogP contribution in [0.4, 0.5) is 8.78 Å². The maximum atomic E-state index is 14.1. The molecule has 0 N–H and O–H groups in total. The summed E-state index contributed by atoms with van der Waals surface area (Å²) in [6, 6.07) is 6.52. The van der Waals surface area contributed by atoms with Crippen LogP contribution in [0.2, 0.25) is 0 Å². The Morgan fingerprint density at radius 1 is 1.04 bits per heavy atom. The number of Topliss-reactive ketones (excluding diaryl/α,β-unsaturated/α-hetero) is 1. The largest absolute Gasteiger partial charge is 0.458 e. The van der Waals surface area contributed by atoms with Gasteiger partial charge in [0.1, 0.15) is 5.60 Å². The number of hydrogen-bond donors (Lipinski definition) is 0. The van der Waals surface area contributed by atoms with E-state index < -0.39 is 29.2 Å². The zero-order valence-electron chi connectivity index (χ0n) is 14.5. The molecular formula is C21H22F2O3. The number of rotatable bonds is 3. The predicted octanol–water partition coefficient (Wildman–Crippen LogP) is 4.19. The van der Waals surface area contributed by atoms with E-state index in [1.54, 1.807) is 18.2 Å². The Morgan fingerprint density at radius 2 is 1.62 bits per heavy atom. The van der Waals surface area contributed by atoms with Crippen molar-refractivity contribution in [2.45, 2.75) is 57.0 Å². The van der Waals surface area contributed by atoms with Gasteiger partial charge in [0.05, 0.1) is 0 Å². The SMILES string of the molecule is O=C(OC12CC3CC(CC(C3)C1)C2)[C@]1(C(F)F)Cc2ccccc2C1=O. The summed E-state index contributed by atoms with van der Waals surface area (Å²) < 4.78 is 34.1. The minimum absolute atomic E-state index is 0.232. The van der Waals surface area contributed by atoms with E-state index in [1.165, 1.54) is 25.3 Å². The van der Waals surface area contributed by atoms with E-state index in [2.05, 4.69) is 0 Å². The minimum atomic E-state index is -3.07. The summed E-state index contributed by atoms with van der Waals surface area (Å²) >= 11 is 0. The normalized spacial score (nSPS) is 40.1. The summed E-state index contributed by atoms with van der Waals surface area (Å²) in [6.07, 6.45) is 2.49. The molecule has 0 aromatic heterocycles. The van der Waals surface area contributed by atoms with Crippen LogP contribution in [0.5, 0.6) is 0 Å². The molecule has 1 atom stereocenters. The average molecular weight is 360 g/mol. The summed E-state index contributed by atoms with van der Waals surface area (Å²) in [5.74, 6) is -0.178. The molecule has 4 fully saturated rings. The zero-order valence-corrected chi connectivity index (χ0v) is 14.5. The molecule has 4 saturated carbocycles. The number of alkyl halides is 2. The molecule has 0 aliphatic heterocycles. The number of ether oxygens (including phenoxy) is 1. The monoisotopic (exact) mass is 360 g/mol. The van der Waals surface area contributed by atoms with Gasteiger partial charge in [-0.15, -0.1) is 0 Å². The van der Waals surface area contributed by atoms with Gasteiger partial charge in [-0.25, -0.2) is 8.78 Å². The summed E-state index contributed by atoms with van der Waals surface area (Å²) in [6.45, 7) is 0. The van der Waals surface area contributed by atoms with Crippen molar-refractivity contribution in [1.82, 2.24) is 0 Å². The first-order chi connectivity index (χ1) is 12.4. The van der Waals surface area contributed by atoms with Crippen molar-refractivity contribution in [2.24, 2.45) is 23.2 Å². The number of carbonyl (C=O) groups excluding carboxylic acids is 2. The molecule has 0 spiro atoms. The van der Waals surface area contributed by atoms with Gasteiger partial charge >= 0.3 is 5.97 Å². The number of esters is 1. The van der Waals surface area contributed by atoms with Gasteiger partial charge in [-0.3, -0.25) is 9.59 Å². The van der Waals surface area contributed by atoms with Gasteiger partial charge in [-0.05, 0) is 61.8 Å². The highest BCUT2D eigenvalue weighted by molar-refractivity contribution is 6.16. The van der Waals surface area contributed by atoms with Crippen LogP contribution < -0.4 is 0 Å². The topological polar surface area (TPSA) is 43.4 Å². The highest BCUT2D eigenvalue weighted by Crippen LogP contribution is 2.58. The Kier molecular flexibility index (Phi) is 3.38.